The van der Waals surface area contributed by atoms with Gasteiger partial charge < -0.3 is 10.6 Å². The van der Waals surface area contributed by atoms with E-state index in [2.05, 4.69) is 15.6 Å². The smallest absolute Gasteiger partial charge is 0.227 e. The van der Waals surface area contributed by atoms with Crippen molar-refractivity contribution in [2.45, 2.75) is 45.6 Å². The van der Waals surface area contributed by atoms with Crippen LogP contribution in [-0.2, 0) is 22.6 Å². The Bertz CT molecular complexity index is 751. The van der Waals surface area contributed by atoms with Crippen molar-refractivity contribution in [3.63, 3.8) is 0 Å². The molecule has 1 fully saturated rings. The lowest BCUT2D eigenvalue weighted by Crippen LogP contribution is -2.25. The number of rotatable bonds is 6. The van der Waals surface area contributed by atoms with Gasteiger partial charge in [-0.15, -0.1) is 11.3 Å². The van der Waals surface area contributed by atoms with Gasteiger partial charge >= 0.3 is 0 Å². The first-order valence-electron chi connectivity index (χ1n) is 8.67. The Kier molecular flexibility index (Phi) is 5.81. The molecule has 0 radical (unpaired) electrons. The van der Waals surface area contributed by atoms with Crippen molar-refractivity contribution in [2.75, 3.05) is 5.32 Å². The van der Waals surface area contributed by atoms with Crippen LogP contribution in [0.15, 0.2) is 29.6 Å². The van der Waals surface area contributed by atoms with Crippen LogP contribution in [0, 0.1) is 12.8 Å². The number of thiazole rings is 1. The minimum atomic E-state index is -0.0503. The summed E-state index contributed by atoms with van der Waals surface area (Å²) in [5.41, 5.74) is 2.56. The Morgan fingerprint density at radius 2 is 2.08 bits per heavy atom. The molecule has 2 N–H and O–H groups in total. The predicted octanol–water partition coefficient (Wildman–Crippen LogP) is 3.44. The number of carbonyl (C=O) groups is 2. The number of hydrogen-bond donors (Lipinski definition) is 2. The zero-order valence-electron chi connectivity index (χ0n) is 14.4. The largest absolute Gasteiger partial charge is 0.352 e. The minimum absolute atomic E-state index is 0.0503. The molecule has 2 aromatic rings. The first kappa shape index (κ1) is 17.6. The normalized spacial score (nSPS) is 14.4. The maximum Gasteiger partial charge on any atom is 0.227 e. The van der Waals surface area contributed by atoms with Crippen molar-refractivity contribution in [3.05, 3.63) is 45.9 Å². The molecular formula is C19H23N3O2S. The van der Waals surface area contributed by atoms with Crippen LogP contribution >= 0.6 is 11.3 Å². The third kappa shape index (κ3) is 5.13. The highest BCUT2D eigenvalue weighted by molar-refractivity contribution is 7.09. The number of carbonyl (C=O) groups excluding carboxylic acids is 2. The van der Waals surface area contributed by atoms with Gasteiger partial charge in [0.2, 0.25) is 11.8 Å². The molecule has 0 aliphatic heterocycles. The van der Waals surface area contributed by atoms with Crippen molar-refractivity contribution < 1.29 is 9.59 Å². The highest BCUT2D eigenvalue weighted by atomic mass is 32.1. The van der Waals surface area contributed by atoms with Crippen LogP contribution in [0.25, 0.3) is 0 Å². The van der Waals surface area contributed by atoms with E-state index in [9.17, 15) is 9.59 Å². The van der Waals surface area contributed by atoms with Crippen LogP contribution in [0.5, 0.6) is 0 Å². The summed E-state index contributed by atoms with van der Waals surface area (Å²) in [6.07, 6.45) is 4.54. The van der Waals surface area contributed by atoms with E-state index in [1.165, 1.54) is 0 Å². The summed E-state index contributed by atoms with van der Waals surface area (Å²) >= 11 is 1.55. The predicted molar refractivity (Wildman–Crippen MR) is 99.4 cm³/mol. The molecule has 132 valence electrons. The van der Waals surface area contributed by atoms with Crippen molar-refractivity contribution in [1.82, 2.24) is 10.3 Å². The zero-order chi connectivity index (χ0) is 17.6. The van der Waals surface area contributed by atoms with Gasteiger partial charge in [0, 0.05) is 23.5 Å². The highest BCUT2D eigenvalue weighted by Gasteiger charge is 2.22. The van der Waals surface area contributed by atoms with E-state index >= 15 is 0 Å². The lowest BCUT2D eigenvalue weighted by Gasteiger charge is -2.11. The Balaban J connectivity index is 1.50. The van der Waals surface area contributed by atoms with Crippen LogP contribution < -0.4 is 10.6 Å². The molecule has 1 saturated carbocycles. The molecule has 1 aromatic heterocycles. The van der Waals surface area contributed by atoms with Crippen molar-refractivity contribution in [2.24, 2.45) is 5.92 Å². The molecule has 2 amide bonds. The highest BCUT2D eigenvalue weighted by Crippen LogP contribution is 2.26. The topological polar surface area (TPSA) is 71.1 Å². The van der Waals surface area contributed by atoms with Crippen LogP contribution in [-0.4, -0.2) is 16.8 Å². The maximum atomic E-state index is 12.2. The van der Waals surface area contributed by atoms with Crippen LogP contribution in [0.4, 0.5) is 5.69 Å². The molecule has 0 unspecified atom stereocenters. The fraction of sp³-hybridized carbons (Fsp3) is 0.421. The summed E-state index contributed by atoms with van der Waals surface area (Å²) in [5.74, 6) is 0.202. The van der Waals surface area contributed by atoms with E-state index in [0.29, 0.717) is 13.0 Å². The van der Waals surface area contributed by atoms with Gasteiger partial charge in [0.15, 0.2) is 0 Å². The summed E-state index contributed by atoms with van der Waals surface area (Å²) in [5, 5.41) is 8.78. The summed E-state index contributed by atoms with van der Waals surface area (Å²) in [6.45, 7) is 2.37. The van der Waals surface area contributed by atoms with Gasteiger partial charge in [0.25, 0.3) is 0 Å². The summed E-state index contributed by atoms with van der Waals surface area (Å²) in [7, 11) is 0. The molecular weight excluding hydrogens is 334 g/mol. The molecule has 0 spiro atoms. The Hall–Kier alpha value is -2.21. The minimum Gasteiger partial charge on any atom is -0.352 e. The summed E-state index contributed by atoms with van der Waals surface area (Å²) in [6, 6.07) is 7.64. The zero-order valence-corrected chi connectivity index (χ0v) is 15.2. The SMILES string of the molecule is Cc1nc(CC(=O)NCc2cccc(NC(=O)C3CCCC3)c2)cs1. The number of nitrogens with zero attached hydrogens (tertiary/aromatic N) is 1. The van der Waals surface area contributed by atoms with Crippen LogP contribution in [0.2, 0.25) is 0 Å². The van der Waals surface area contributed by atoms with Gasteiger partial charge in [-0.1, -0.05) is 25.0 Å². The first-order chi connectivity index (χ1) is 12.1. The van der Waals surface area contributed by atoms with E-state index in [-0.39, 0.29) is 17.7 Å². The molecule has 5 nitrogen and oxygen atoms in total. The van der Waals surface area contributed by atoms with Crippen LogP contribution in [0.1, 0.15) is 41.9 Å². The number of aryl methyl sites for hydroxylation is 1. The van der Waals surface area contributed by atoms with Gasteiger partial charge in [0.05, 0.1) is 17.1 Å². The van der Waals surface area contributed by atoms with Crippen LogP contribution in [0.3, 0.4) is 0 Å². The molecule has 6 heteroatoms. The molecule has 0 saturated heterocycles. The molecule has 1 heterocycles. The number of hydrogen-bond acceptors (Lipinski definition) is 4. The number of nitrogens with one attached hydrogen (secondary N) is 2. The quantitative estimate of drug-likeness (QED) is 0.832. The monoisotopic (exact) mass is 357 g/mol. The standard InChI is InChI=1S/C19H23N3O2S/c1-13-21-17(12-25-13)10-18(23)20-11-14-5-4-8-16(9-14)22-19(24)15-6-2-3-7-15/h4-5,8-9,12,15H,2-3,6-7,10-11H2,1H3,(H,20,23)(H,22,24). The molecule has 3 rings (SSSR count). The van der Waals surface area contributed by atoms with Crippen molar-refractivity contribution >= 4 is 28.8 Å². The molecule has 1 aliphatic rings. The Morgan fingerprint density at radius 1 is 1.28 bits per heavy atom. The number of aromatic nitrogens is 1. The average Bonchev–Trinajstić information content (AvgIpc) is 3.25. The summed E-state index contributed by atoms with van der Waals surface area (Å²) in [4.78, 5) is 28.5. The molecule has 25 heavy (non-hydrogen) atoms. The lowest BCUT2D eigenvalue weighted by atomic mass is 10.1. The van der Waals surface area contributed by atoms with Gasteiger partial charge in [-0.2, -0.15) is 0 Å². The van der Waals surface area contributed by atoms with Gasteiger partial charge in [-0.25, -0.2) is 4.98 Å². The first-order valence-corrected chi connectivity index (χ1v) is 9.55. The molecule has 1 aromatic carbocycles. The molecule has 0 atom stereocenters. The van der Waals surface area contributed by atoms with E-state index < -0.39 is 0 Å². The third-order valence-electron chi connectivity index (χ3n) is 4.42. The fourth-order valence-corrected chi connectivity index (χ4v) is 3.72. The number of amides is 2. The number of anilines is 1. The third-order valence-corrected chi connectivity index (χ3v) is 5.24. The van der Waals surface area contributed by atoms with Gasteiger partial charge in [0.1, 0.15) is 0 Å². The van der Waals surface area contributed by atoms with Crippen molar-refractivity contribution in [1.29, 1.82) is 0 Å². The second-order valence-electron chi connectivity index (χ2n) is 6.48. The molecule has 1 aliphatic carbocycles. The van der Waals surface area contributed by atoms with Gasteiger partial charge in [-0.3, -0.25) is 9.59 Å². The van der Waals surface area contributed by atoms with E-state index in [0.717, 1.165) is 47.6 Å². The number of benzene rings is 1. The molecule has 0 bridgehead atoms. The summed E-state index contributed by atoms with van der Waals surface area (Å²) < 4.78 is 0. The Labute approximate surface area is 151 Å². The second-order valence-corrected chi connectivity index (χ2v) is 7.54. The Morgan fingerprint density at radius 3 is 2.80 bits per heavy atom. The van der Waals surface area contributed by atoms with E-state index in [4.69, 9.17) is 0 Å². The lowest BCUT2D eigenvalue weighted by molar-refractivity contribution is -0.121. The second kappa shape index (κ2) is 8.25. The maximum absolute atomic E-state index is 12.2. The van der Waals surface area contributed by atoms with E-state index in [1.807, 2.05) is 36.6 Å². The average molecular weight is 357 g/mol. The van der Waals surface area contributed by atoms with Gasteiger partial charge in [-0.05, 0) is 37.5 Å². The van der Waals surface area contributed by atoms with E-state index in [1.54, 1.807) is 11.3 Å². The fourth-order valence-electron chi connectivity index (χ4n) is 3.11. The van der Waals surface area contributed by atoms with Crippen molar-refractivity contribution in [3.8, 4) is 0 Å².